The Morgan fingerprint density at radius 2 is 1.90 bits per heavy atom. The molecule has 4 N–H and O–H groups in total. The van der Waals surface area contributed by atoms with Crippen molar-refractivity contribution < 1.29 is 0 Å². The average Bonchev–Trinajstić information content (AvgIpc) is 2.53. The van der Waals surface area contributed by atoms with Gasteiger partial charge in [0.1, 0.15) is 5.82 Å². The number of hydrazine groups is 1. The van der Waals surface area contributed by atoms with Crippen LogP contribution in [0.5, 0.6) is 0 Å². The predicted octanol–water partition coefficient (Wildman–Crippen LogP) is 3.25. The fraction of sp³-hybridized carbons (Fsp3) is 0.467. The number of para-hydroxylation sites is 1. The maximum atomic E-state index is 5.43. The van der Waals surface area contributed by atoms with E-state index in [4.69, 9.17) is 5.84 Å². The SMILES string of the molecule is CSCCCCCCNc1nc(NN)nc2ccccc12. The number of fused-ring (bicyclic) bond motifs is 1. The Morgan fingerprint density at radius 3 is 2.71 bits per heavy atom. The molecule has 21 heavy (non-hydrogen) atoms. The number of hydrogen-bond donors (Lipinski definition) is 3. The molecular weight excluding hydrogens is 282 g/mol. The zero-order valence-corrected chi connectivity index (χ0v) is 13.2. The van der Waals surface area contributed by atoms with Crippen LogP contribution in [0.1, 0.15) is 25.7 Å². The maximum absolute atomic E-state index is 5.43. The number of thioether (sulfide) groups is 1. The molecular formula is C15H23N5S. The molecule has 0 spiro atoms. The largest absolute Gasteiger partial charge is 0.369 e. The van der Waals surface area contributed by atoms with Crippen molar-refractivity contribution in [1.82, 2.24) is 9.97 Å². The second kappa shape index (κ2) is 8.69. The van der Waals surface area contributed by atoms with Crippen molar-refractivity contribution in [2.24, 2.45) is 5.84 Å². The van der Waals surface area contributed by atoms with Gasteiger partial charge < -0.3 is 5.32 Å². The molecule has 1 aromatic carbocycles. The summed E-state index contributed by atoms with van der Waals surface area (Å²) in [7, 11) is 0. The fourth-order valence-corrected chi connectivity index (χ4v) is 2.70. The Kier molecular flexibility index (Phi) is 6.56. The van der Waals surface area contributed by atoms with Crippen molar-refractivity contribution in [2.75, 3.05) is 29.3 Å². The lowest BCUT2D eigenvalue weighted by atomic mass is 10.2. The van der Waals surface area contributed by atoms with E-state index in [-0.39, 0.29) is 0 Å². The smallest absolute Gasteiger partial charge is 0.239 e. The molecule has 0 saturated heterocycles. The van der Waals surface area contributed by atoms with Crippen molar-refractivity contribution in [3.63, 3.8) is 0 Å². The standard InChI is InChI=1S/C15H23N5S/c1-21-11-7-3-2-6-10-17-14-12-8-4-5-9-13(12)18-15(19-14)20-16/h4-5,8-9H,2-3,6-7,10-11,16H2,1H3,(H2,17,18,19,20). The lowest BCUT2D eigenvalue weighted by Gasteiger charge is -2.10. The van der Waals surface area contributed by atoms with Crippen LogP contribution in [0.3, 0.4) is 0 Å². The lowest BCUT2D eigenvalue weighted by molar-refractivity contribution is 0.688. The van der Waals surface area contributed by atoms with Gasteiger partial charge in [0.2, 0.25) is 5.95 Å². The molecule has 1 aromatic heterocycles. The number of anilines is 2. The number of aromatic nitrogens is 2. The second-order valence-electron chi connectivity index (χ2n) is 4.89. The van der Waals surface area contributed by atoms with Gasteiger partial charge in [0, 0.05) is 11.9 Å². The summed E-state index contributed by atoms with van der Waals surface area (Å²) in [6.07, 6.45) is 7.16. The second-order valence-corrected chi connectivity index (χ2v) is 5.88. The molecule has 2 rings (SSSR count). The van der Waals surface area contributed by atoms with Gasteiger partial charge in [0.15, 0.2) is 0 Å². The van der Waals surface area contributed by atoms with Gasteiger partial charge in [0.05, 0.1) is 5.52 Å². The van der Waals surface area contributed by atoms with E-state index in [0.717, 1.165) is 29.7 Å². The van der Waals surface area contributed by atoms with Crippen LogP contribution < -0.4 is 16.6 Å². The summed E-state index contributed by atoms with van der Waals surface area (Å²) in [5.41, 5.74) is 3.41. The quantitative estimate of drug-likeness (QED) is 0.375. The number of nitrogen functional groups attached to an aromatic ring is 1. The molecule has 2 aromatic rings. The van der Waals surface area contributed by atoms with Gasteiger partial charge in [-0.05, 0) is 37.0 Å². The first-order chi connectivity index (χ1) is 10.3. The minimum absolute atomic E-state index is 0.441. The number of hydrogen-bond acceptors (Lipinski definition) is 6. The van der Waals surface area contributed by atoms with Gasteiger partial charge in [-0.15, -0.1) is 0 Å². The van der Waals surface area contributed by atoms with Crippen LogP contribution in [0, 0.1) is 0 Å². The molecule has 0 fully saturated rings. The van der Waals surface area contributed by atoms with Crippen LogP contribution in [0.2, 0.25) is 0 Å². The van der Waals surface area contributed by atoms with E-state index in [2.05, 4.69) is 27.0 Å². The minimum atomic E-state index is 0.441. The lowest BCUT2D eigenvalue weighted by Crippen LogP contribution is -2.12. The van der Waals surface area contributed by atoms with E-state index in [1.165, 1.54) is 25.0 Å². The zero-order valence-electron chi connectivity index (χ0n) is 12.4. The van der Waals surface area contributed by atoms with Crippen LogP contribution in [-0.2, 0) is 0 Å². The van der Waals surface area contributed by atoms with Gasteiger partial charge in [-0.3, -0.25) is 5.43 Å². The summed E-state index contributed by atoms with van der Waals surface area (Å²) in [4.78, 5) is 8.75. The molecule has 6 heteroatoms. The van der Waals surface area contributed by atoms with Crippen LogP contribution >= 0.6 is 11.8 Å². The highest BCUT2D eigenvalue weighted by molar-refractivity contribution is 7.98. The summed E-state index contributed by atoms with van der Waals surface area (Å²) in [6.45, 7) is 0.921. The third-order valence-corrected chi connectivity index (χ3v) is 4.00. The van der Waals surface area contributed by atoms with E-state index < -0.39 is 0 Å². The van der Waals surface area contributed by atoms with Crippen LogP contribution in [0.25, 0.3) is 10.9 Å². The van der Waals surface area contributed by atoms with Crippen molar-refractivity contribution in [3.05, 3.63) is 24.3 Å². The Bertz CT molecular complexity index is 561. The first kappa shape index (κ1) is 15.9. The topological polar surface area (TPSA) is 75.9 Å². The van der Waals surface area contributed by atoms with Gasteiger partial charge in [-0.1, -0.05) is 25.0 Å². The van der Waals surface area contributed by atoms with Crippen molar-refractivity contribution >= 4 is 34.4 Å². The number of benzene rings is 1. The molecule has 5 nitrogen and oxygen atoms in total. The monoisotopic (exact) mass is 305 g/mol. The molecule has 0 aliphatic rings. The fourth-order valence-electron chi connectivity index (χ4n) is 2.21. The van der Waals surface area contributed by atoms with Crippen LogP contribution in [0.15, 0.2) is 24.3 Å². The molecule has 0 bridgehead atoms. The van der Waals surface area contributed by atoms with Crippen LogP contribution in [0.4, 0.5) is 11.8 Å². The Balaban J connectivity index is 1.91. The average molecular weight is 305 g/mol. The highest BCUT2D eigenvalue weighted by Crippen LogP contribution is 2.21. The maximum Gasteiger partial charge on any atom is 0.239 e. The predicted molar refractivity (Wildman–Crippen MR) is 92.7 cm³/mol. The number of nitrogens with one attached hydrogen (secondary N) is 2. The van der Waals surface area contributed by atoms with Crippen molar-refractivity contribution in [3.8, 4) is 0 Å². The number of nitrogens with zero attached hydrogens (tertiary/aromatic N) is 2. The van der Waals surface area contributed by atoms with Gasteiger partial charge >= 0.3 is 0 Å². The zero-order chi connectivity index (χ0) is 14.9. The molecule has 0 aliphatic carbocycles. The summed E-state index contributed by atoms with van der Waals surface area (Å²) in [5.74, 6) is 7.97. The van der Waals surface area contributed by atoms with E-state index in [1.54, 1.807) is 0 Å². The molecule has 0 unspecified atom stereocenters. The van der Waals surface area contributed by atoms with Crippen molar-refractivity contribution in [1.29, 1.82) is 0 Å². The van der Waals surface area contributed by atoms with Gasteiger partial charge in [-0.25, -0.2) is 10.8 Å². The third-order valence-electron chi connectivity index (χ3n) is 3.30. The number of nitrogens with two attached hydrogens (primary N) is 1. The molecule has 0 saturated carbocycles. The van der Waals surface area contributed by atoms with E-state index >= 15 is 0 Å². The highest BCUT2D eigenvalue weighted by Gasteiger charge is 2.05. The van der Waals surface area contributed by atoms with E-state index in [0.29, 0.717) is 5.95 Å². The first-order valence-electron chi connectivity index (χ1n) is 7.31. The third kappa shape index (κ3) is 4.75. The summed E-state index contributed by atoms with van der Waals surface area (Å²) in [5, 5.41) is 4.43. The van der Waals surface area contributed by atoms with E-state index in [1.807, 2.05) is 36.0 Å². The van der Waals surface area contributed by atoms with Gasteiger partial charge in [-0.2, -0.15) is 16.7 Å². The summed E-state index contributed by atoms with van der Waals surface area (Å²) >= 11 is 1.92. The first-order valence-corrected chi connectivity index (χ1v) is 8.70. The molecule has 1 heterocycles. The van der Waals surface area contributed by atoms with Crippen LogP contribution in [-0.4, -0.2) is 28.5 Å². The molecule has 114 valence electrons. The minimum Gasteiger partial charge on any atom is -0.369 e. The Morgan fingerprint density at radius 1 is 1.10 bits per heavy atom. The Labute approximate surface area is 130 Å². The number of rotatable bonds is 9. The normalized spacial score (nSPS) is 10.8. The summed E-state index contributed by atoms with van der Waals surface area (Å²) < 4.78 is 0. The number of unbranched alkanes of at least 4 members (excludes halogenated alkanes) is 3. The molecule has 0 atom stereocenters. The molecule has 0 radical (unpaired) electrons. The van der Waals surface area contributed by atoms with E-state index in [9.17, 15) is 0 Å². The summed E-state index contributed by atoms with van der Waals surface area (Å²) in [6, 6.07) is 7.95. The molecule has 0 amide bonds. The van der Waals surface area contributed by atoms with Gasteiger partial charge in [0.25, 0.3) is 0 Å². The van der Waals surface area contributed by atoms with Crippen molar-refractivity contribution in [2.45, 2.75) is 25.7 Å². The Hall–Kier alpha value is -1.53. The highest BCUT2D eigenvalue weighted by atomic mass is 32.2. The molecule has 0 aliphatic heterocycles.